The van der Waals surface area contributed by atoms with E-state index in [2.05, 4.69) is 23.7 Å². The molecule has 0 unspecified atom stereocenters. The summed E-state index contributed by atoms with van der Waals surface area (Å²) in [6.07, 6.45) is 6.95. The predicted molar refractivity (Wildman–Crippen MR) is 137 cm³/mol. The van der Waals surface area contributed by atoms with E-state index in [1.807, 2.05) is 6.07 Å². The smallest absolute Gasteiger partial charge is 0.295 e. The van der Waals surface area contributed by atoms with Gasteiger partial charge >= 0.3 is 0 Å². The monoisotopic (exact) mass is 479 g/mol. The lowest BCUT2D eigenvalue weighted by Crippen LogP contribution is -2.34. The Labute approximate surface area is 208 Å². The van der Waals surface area contributed by atoms with Crippen molar-refractivity contribution in [3.05, 3.63) is 65.5 Å². The highest BCUT2D eigenvalue weighted by molar-refractivity contribution is 6.46. The number of methoxy groups -OCH3 is 1. The first-order chi connectivity index (χ1) is 17.0. The molecule has 2 heterocycles. The Morgan fingerprint density at radius 2 is 1.66 bits per heavy atom. The molecule has 0 saturated carbocycles. The highest BCUT2D eigenvalue weighted by Crippen LogP contribution is 2.38. The molecule has 0 bridgehead atoms. The van der Waals surface area contributed by atoms with Gasteiger partial charge < -0.3 is 19.6 Å². The number of likely N-dealkylation sites (tertiary alicyclic amines) is 1. The van der Waals surface area contributed by atoms with Crippen LogP contribution in [0.5, 0.6) is 5.75 Å². The van der Waals surface area contributed by atoms with Gasteiger partial charge in [-0.1, -0.05) is 32.8 Å². The summed E-state index contributed by atoms with van der Waals surface area (Å²) in [6, 6.07) is 11.5. The van der Waals surface area contributed by atoms with Gasteiger partial charge in [0, 0.05) is 18.3 Å². The number of pyridine rings is 1. The molecule has 35 heavy (non-hydrogen) atoms. The largest absolute Gasteiger partial charge is 0.507 e. The second-order valence-corrected chi connectivity index (χ2v) is 8.88. The molecule has 1 saturated heterocycles. The number of Topliss-reactive ketones (excluding diaryl/α,β-unsaturated/α-hetero) is 1. The maximum atomic E-state index is 13.1. The maximum Gasteiger partial charge on any atom is 0.295 e. The molecule has 0 spiro atoms. The van der Waals surface area contributed by atoms with Gasteiger partial charge in [0.1, 0.15) is 17.6 Å². The lowest BCUT2D eigenvalue weighted by molar-refractivity contribution is -0.140. The van der Waals surface area contributed by atoms with Crippen molar-refractivity contribution in [2.24, 2.45) is 0 Å². The minimum atomic E-state index is -0.724. The number of nitrogens with zero attached hydrogens (tertiary/aromatic N) is 3. The Balaban J connectivity index is 1.88. The molecule has 7 heteroatoms. The predicted octanol–water partition coefficient (Wildman–Crippen LogP) is 4.80. The van der Waals surface area contributed by atoms with Crippen LogP contribution in [-0.4, -0.2) is 64.9 Å². The fraction of sp³-hybridized carbons (Fsp3) is 0.464. The number of hydrogen-bond acceptors (Lipinski definition) is 6. The van der Waals surface area contributed by atoms with Gasteiger partial charge in [-0.05, 0) is 75.3 Å². The van der Waals surface area contributed by atoms with Crippen molar-refractivity contribution in [2.75, 3.05) is 33.3 Å². The highest BCUT2D eigenvalue weighted by atomic mass is 16.5. The number of amides is 1. The highest BCUT2D eigenvalue weighted by Gasteiger charge is 2.46. The lowest BCUT2D eigenvalue weighted by atomic mass is 9.98. The Bertz CT molecular complexity index is 997. The fourth-order valence-electron chi connectivity index (χ4n) is 4.42. The van der Waals surface area contributed by atoms with Gasteiger partial charge in [-0.3, -0.25) is 14.6 Å². The van der Waals surface area contributed by atoms with Crippen LogP contribution in [0.4, 0.5) is 0 Å². The van der Waals surface area contributed by atoms with Crippen LogP contribution in [-0.2, 0) is 9.59 Å². The van der Waals surface area contributed by atoms with Crippen LogP contribution in [0, 0.1) is 0 Å². The fourth-order valence-corrected chi connectivity index (χ4v) is 4.42. The topological polar surface area (TPSA) is 83.0 Å². The number of ketones is 1. The maximum absolute atomic E-state index is 13.1. The van der Waals surface area contributed by atoms with E-state index in [0.29, 0.717) is 23.6 Å². The van der Waals surface area contributed by atoms with E-state index in [0.717, 1.165) is 51.7 Å². The van der Waals surface area contributed by atoms with Gasteiger partial charge in [0.25, 0.3) is 11.7 Å². The van der Waals surface area contributed by atoms with Crippen molar-refractivity contribution in [1.82, 2.24) is 14.8 Å². The van der Waals surface area contributed by atoms with Gasteiger partial charge in [0.15, 0.2) is 0 Å². The normalized spacial score (nSPS) is 17.4. The molecule has 7 nitrogen and oxygen atoms in total. The average Bonchev–Trinajstić information content (AvgIpc) is 3.15. The Morgan fingerprint density at radius 1 is 1.00 bits per heavy atom. The average molecular weight is 480 g/mol. The molecule has 3 rings (SSSR count). The van der Waals surface area contributed by atoms with Gasteiger partial charge in [-0.15, -0.1) is 0 Å². The second-order valence-electron chi connectivity index (χ2n) is 8.88. The number of aromatic nitrogens is 1. The summed E-state index contributed by atoms with van der Waals surface area (Å²) in [5.74, 6) is -0.831. The van der Waals surface area contributed by atoms with E-state index in [4.69, 9.17) is 4.74 Å². The van der Waals surface area contributed by atoms with Crippen molar-refractivity contribution in [3.8, 4) is 5.75 Å². The molecule has 1 amide bonds. The summed E-state index contributed by atoms with van der Waals surface area (Å²) in [4.78, 5) is 34.7. The van der Waals surface area contributed by atoms with Crippen LogP contribution in [0.25, 0.3) is 5.76 Å². The summed E-state index contributed by atoms with van der Waals surface area (Å²) in [5.41, 5.74) is 1.10. The minimum absolute atomic E-state index is 0.0766. The number of carbonyl (C=O) groups excluding carboxylic acids is 2. The summed E-state index contributed by atoms with van der Waals surface area (Å²) < 4.78 is 5.19. The van der Waals surface area contributed by atoms with Crippen LogP contribution in [0.1, 0.15) is 63.3 Å². The summed E-state index contributed by atoms with van der Waals surface area (Å²) >= 11 is 0. The molecule has 0 aliphatic carbocycles. The molecule has 1 aliphatic rings. The van der Waals surface area contributed by atoms with Gasteiger partial charge in [-0.2, -0.15) is 0 Å². The zero-order valence-corrected chi connectivity index (χ0v) is 21.1. The summed E-state index contributed by atoms with van der Waals surface area (Å²) in [6.45, 7) is 7.73. The Morgan fingerprint density at radius 3 is 2.23 bits per heavy atom. The van der Waals surface area contributed by atoms with E-state index in [1.54, 1.807) is 54.6 Å². The van der Waals surface area contributed by atoms with Crippen molar-refractivity contribution in [3.63, 3.8) is 0 Å². The van der Waals surface area contributed by atoms with E-state index in [-0.39, 0.29) is 11.3 Å². The third-order valence-electron chi connectivity index (χ3n) is 6.40. The number of unbranched alkanes of at least 4 members (excludes halogenated alkanes) is 2. The lowest BCUT2D eigenvalue weighted by Gasteiger charge is -2.27. The van der Waals surface area contributed by atoms with E-state index in [9.17, 15) is 14.7 Å². The van der Waals surface area contributed by atoms with Crippen molar-refractivity contribution >= 4 is 17.4 Å². The number of aliphatic hydroxyl groups is 1. The minimum Gasteiger partial charge on any atom is -0.507 e. The molecule has 0 radical (unpaired) electrons. The summed E-state index contributed by atoms with van der Waals surface area (Å²) in [7, 11) is 1.56. The molecule has 1 N–H and O–H groups in total. The number of carbonyl (C=O) groups is 2. The van der Waals surface area contributed by atoms with Crippen molar-refractivity contribution in [1.29, 1.82) is 0 Å². The molecular weight excluding hydrogens is 442 g/mol. The molecule has 2 aromatic rings. The standard InChI is InChI=1S/C28H37N3O4/c1-4-6-17-30(18-7-5-2)19-10-20-31-25(23-11-8-9-16-29-23)24(27(33)28(31)34)26(32)21-12-14-22(35-3)15-13-21/h8-9,11-16,25,32H,4-7,10,17-20H2,1-3H3/t25-/m0/s1. The zero-order valence-electron chi connectivity index (χ0n) is 21.1. The molecule has 1 fully saturated rings. The van der Waals surface area contributed by atoms with E-state index < -0.39 is 17.7 Å². The molecule has 1 aromatic carbocycles. The first-order valence-corrected chi connectivity index (χ1v) is 12.6. The van der Waals surface area contributed by atoms with Crippen LogP contribution >= 0.6 is 0 Å². The van der Waals surface area contributed by atoms with Crippen LogP contribution in [0.2, 0.25) is 0 Å². The van der Waals surface area contributed by atoms with Crippen molar-refractivity contribution in [2.45, 2.75) is 52.0 Å². The first kappa shape index (κ1) is 26.4. The van der Waals surface area contributed by atoms with Gasteiger partial charge in [-0.25, -0.2) is 0 Å². The van der Waals surface area contributed by atoms with Crippen molar-refractivity contribution < 1.29 is 19.4 Å². The van der Waals surface area contributed by atoms with Gasteiger partial charge in [0.05, 0.1) is 18.4 Å². The Kier molecular flexibility index (Phi) is 9.85. The zero-order chi connectivity index (χ0) is 25.2. The van der Waals surface area contributed by atoms with E-state index >= 15 is 0 Å². The van der Waals surface area contributed by atoms with E-state index in [1.165, 1.54) is 0 Å². The third kappa shape index (κ3) is 6.48. The SMILES string of the molecule is CCCCN(CCCC)CCCN1C(=O)C(=O)C(=C(O)c2ccc(OC)cc2)[C@@H]1c1ccccn1. The number of benzene rings is 1. The number of aliphatic hydroxyl groups excluding tert-OH is 1. The third-order valence-corrected chi connectivity index (χ3v) is 6.40. The number of rotatable bonds is 13. The van der Waals surface area contributed by atoms with Gasteiger partial charge in [0.2, 0.25) is 0 Å². The summed E-state index contributed by atoms with van der Waals surface area (Å²) in [5, 5.41) is 11.1. The van der Waals surface area contributed by atoms with Crippen LogP contribution in [0.15, 0.2) is 54.2 Å². The molecule has 1 aromatic heterocycles. The van der Waals surface area contributed by atoms with Crippen LogP contribution < -0.4 is 4.74 Å². The van der Waals surface area contributed by atoms with Crippen LogP contribution in [0.3, 0.4) is 0 Å². The molecule has 188 valence electrons. The number of hydrogen-bond donors (Lipinski definition) is 1. The first-order valence-electron chi connectivity index (χ1n) is 12.6. The molecular formula is C28H37N3O4. The second kappa shape index (κ2) is 13.0. The molecule has 1 atom stereocenters. The quantitative estimate of drug-likeness (QED) is 0.252. The molecule has 1 aliphatic heterocycles. The Hall–Kier alpha value is -3.19. The number of ether oxygens (including phenoxy) is 1.